The van der Waals surface area contributed by atoms with Crippen LogP contribution in [0.3, 0.4) is 0 Å². The number of para-hydroxylation sites is 2. The molecule has 4 amide bonds. The minimum Gasteiger partial charge on any atom is -0.480 e. The minimum atomic E-state index is -1.16. The first kappa shape index (κ1) is 28.2. The first-order valence-electron chi connectivity index (χ1n) is 14.6. The number of aromatic amines is 1. The average molecular weight is 579 g/mol. The van der Waals surface area contributed by atoms with Crippen molar-refractivity contribution in [1.29, 1.82) is 0 Å². The Bertz CT molecular complexity index is 1760. The summed E-state index contributed by atoms with van der Waals surface area (Å²) >= 11 is 0. The van der Waals surface area contributed by atoms with Crippen LogP contribution < -0.4 is 10.2 Å². The second-order valence-corrected chi connectivity index (χ2v) is 11.9. The fourth-order valence-electron chi connectivity index (χ4n) is 6.30. The molecule has 43 heavy (non-hydrogen) atoms. The van der Waals surface area contributed by atoms with E-state index in [2.05, 4.69) is 36.3 Å². The molecular weight excluding hydrogens is 544 g/mol. The fourth-order valence-corrected chi connectivity index (χ4v) is 6.30. The van der Waals surface area contributed by atoms with Gasteiger partial charge in [0.25, 0.3) is 11.8 Å². The normalized spacial score (nSPS) is 18.7. The highest BCUT2D eigenvalue weighted by atomic mass is 16.4. The van der Waals surface area contributed by atoms with Crippen LogP contribution in [0, 0.1) is 5.92 Å². The second kappa shape index (κ2) is 10.7. The number of nitrogens with one attached hydrogen (secondary N) is 2. The number of carbonyl (C=O) groups is 4. The molecule has 0 bridgehead atoms. The Balaban J connectivity index is 1.44. The van der Waals surface area contributed by atoms with Crippen molar-refractivity contribution in [3.63, 3.8) is 0 Å². The van der Waals surface area contributed by atoms with Gasteiger partial charge in [0.05, 0.1) is 11.3 Å². The molecule has 3 heterocycles. The highest BCUT2D eigenvalue weighted by molar-refractivity contribution is 6.24. The van der Waals surface area contributed by atoms with E-state index < -0.39 is 41.9 Å². The van der Waals surface area contributed by atoms with Crippen molar-refractivity contribution in [1.82, 2.24) is 15.2 Å². The van der Waals surface area contributed by atoms with E-state index in [-0.39, 0.29) is 17.2 Å². The van der Waals surface area contributed by atoms with E-state index in [4.69, 9.17) is 0 Å². The Labute approximate surface area is 249 Å². The topological polar surface area (TPSA) is 123 Å². The molecule has 1 fully saturated rings. The average Bonchev–Trinajstić information content (AvgIpc) is 3.48. The maximum atomic E-state index is 14.3. The molecule has 9 nitrogen and oxygen atoms in total. The molecular formula is C34H34N4O5. The molecule has 0 saturated carbocycles. The van der Waals surface area contributed by atoms with E-state index in [0.29, 0.717) is 12.3 Å². The zero-order valence-corrected chi connectivity index (χ0v) is 24.5. The number of nitrogens with zero attached hydrogens (tertiary/aromatic N) is 2. The van der Waals surface area contributed by atoms with Crippen LogP contribution in [-0.4, -0.2) is 50.9 Å². The van der Waals surface area contributed by atoms with Gasteiger partial charge in [-0.05, 0) is 46.7 Å². The molecule has 9 heteroatoms. The number of hydrogen-bond acceptors (Lipinski definition) is 4. The molecule has 220 valence electrons. The fraction of sp³-hybridized carbons (Fsp3) is 0.294. The van der Waals surface area contributed by atoms with Crippen LogP contribution in [0.1, 0.15) is 72.4 Å². The van der Waals surface area contributed by atoms with E-state index in [1.165, 1.54) is 11.6 Å². The summed E-state index contributed by atoms with van der Waals surface area (Å²) in [5, 5.41) is 13.2. The van der Waals surface area contributed by atoms with Crippen LogP contribution in [0.2, 0.25) is 0 Å². The van der Waals surface area contributed by atoms with Crippen LogP contribution in [0.25, 0.3) is 10.9 Å². The van der Waals surface area contributed by atoms with E-state index in [1.807, 2.05) is 36.4 Å². The standard InChI is InChI=1S/C34H34N4O5/c1-18(2)20-13-15-21(16-14-20)30-29-24(22-9-5-7-11-25(22)35-29)17-27-32(40)38(34(43)37(27)30)26-12-8-6-10-23(26)31(39)36-28(19(3)4)33(41)42/h5-16,18-19,27-28,30,35H,17H2,1-4H3,(H,36,39)(H,41,42)/t27-,28+,30+/m0/s1. The summed E-state index contributed by atoms with van der Waals surface area (Å²) in [4.78, 5) is 59.9. The highest BCUT2D eigenvalue weighted by Gasteiger charge is 2.53. The molecule has 3 aromatic carbocycles. The Hall–Kier alpha value is -4.92. The lowest BCUT2D eigenvalue weighted by Gasteiger charge is -2.36. The molecule has 0 aliphatic carbocycles. The number of fused-ring (bicyclic) bond motifs is 4. The molecule has 4 aromatic rings. The van der Waals surface area contributed by atoms with Crippen LogP contribution in [-0.2, 0) is 16.0 Å². The number of imide groups is 1. The maximum absolute atomic E-state index is 14.3. The van der Waals surface area contributed by atoms with Crippen LogP contribution >= 0.6 is 0 Å². The smallest absolute Gasteiger partial charge is 0.332 e. The van der Waals surface area contributed by atoms with Crippen molar-refractivity contribution in [2.75, 3.05) is 4.90 Å². The summed E-state index contributed by atoms with van der Waals surface area (Å²) in [5.74, 6) is -2.29. The molecule has 2 aliphatic rings. The van der Waals surface area contributed by atoms with Crippen molar-refractivity contribution < 1.29 is 24.3 Å². The van der Waals surface area contributed by atoms with Gasteiger partial charge in [-0.3, -0.25) is 14.5 Å². The predicted octanol–water partition coefficient (Wildman–Crippen LogP) is 5.61. The third-order valence-corrected chi connectivity index (χ3v) is 8.58. The lowest BCUT2D eigenvalue weighted by molar-refractivity contribution is -0.140. The monoisotopic (exact) mass is 578 g/mol. The number of benzene rings is 3. The number of urea groups is 1. The van der Waals surface area contributed by atoms with Gasteiger partial charge in [0.15, 0.2) is 0 Å². The minimum absolute atomic E-state index is 0.0535. The van der Waals surface area contributed by atoms with Crippen molar-refractivity contribution in [3.05, 3.63) is 101 Å². The number of anilines is 1. The second-order valence-electron chi connectivity index (χ2n) is 11.9. The molecule has 0 radical (unpaired) electrons. The number of carboxylic acids is 1. The van der Waals surface area contributed by atoms with Gasteiger partial charge < -0.3 is 15.4 Å². The Kier molecular flexibility index (Phi) is 7.04. The summed E-state index contributed by atoms with van der Waals surface area (Å²) in [6.45, 7) is 7.64. The number of aromatic nitrogens is 1. The van der Waals surface area contributed by atoms with Gasteiger partial charge in [0.2, 0.25) is 0 Å². The van der Waals surface area contributed by atoms with Crippen molar-refractivity contribution in [3.8, 4) is 0 Å². The molecule has 1 saturated heterocycles. The van der Waals surface area contributed by atoms with Gasteiger partial charge in [-0.1, -0.05) is 82.3 Å². The van der Waals surface area contributed by atoms with Crippen molar-refractivity contribution >= 4 is 40.4 Å². The molecule has 3 N–H and O–H groups in total. The number of H-pyrrole nitrogens is 1. The highest BCUT2D eigenvalue weighted by Crippen LogP contribution is 2.45. The van der Waals surface area contributed by atoms with Crippen LogP contribution in [0.5, 0.6) is 0 Å². The number of carbonyl (C=O) groups excluding carboxylic acids is 3. The predicted molar refractivity (Wildman–Crippen MR) is 163 cm³/mol. The third-order valence-electron chi connectivity index (χ3n) is 8.58. The number of aliphatic carboxylic acids is 1. The Morgan fingerprint density at radius 2 is 1.60 bits per heavy atom. The zero-order valence-electron chi connectivity index (χ0n) is 24.5. The number of rotatable bonds is 7. The number of amides is 4. The van der Waals surface area contributed by atoms with Crippen LogP contribution in [0.4, 0.5) is 10.5 Å². The summed E-state index contributed by atoms with van der Waals surface area (Å²) in [5.41, 5.74) is 5.01. The van der Waals surface area contributed by atoms with E-state index in [1.54, 1.807) is 36.9 Å². The van der Waals surface area contributed by atoms with E-state index >= 15 is 0 Å². The van der Waals surface area contributed by atoms with E-state index in [0.717, 1.165) is 32.6 Å². The van der Waals surface area contributed by atoms with Gasteiger partial charge in [-0.2, -0.15) is 0 Å². The summed E-state index contributed by atoms with van der Waals surface area (Å²) in [7, 11) is 0. The van der Waals surface area contributed by atoms with Crippen molar-refractivity contribution in [2.24, 2.45) is 5.92 Å². The molecule has 3 atom stereocenters. The lowest BCUT2D eigenvalue weighted by atomic mass is 9.88. The first-order chi connectivity index (χ1) is 20.6. The molecule has 0 unspecified atom stereocenters. The largest absolute Gasteiger partial charge is 0.480 e. The number of hydrogen-bond donors (Lipinski definition) is 3. The van der Waals surface area contributed by atoms with Gasteiger partial charge >= 0.3 is 12.0 Å². The van der Waals surface area contributed by atoms with Gasteiger partial charge in [0.1, 0.15) is 18.1 Å². The van der Waals surface area contributed by atoms with Gasteiger partial charge in [-0.15, -0.1) is 0 Å². The first-order valence-corrected chi connectivity index (χ1v) is 14.6. The molecule has 0 spiro atoms. The summed E-state index contributed by atoms with van der Waals surface area (Å²) < 4.78 is 0. The molecule has 2 aliphatic heterocycles. The number of carboxylic acid groups (broad SMARTS) is 1. The Morgan fingerprint density at radius 1 is 0.930 bits per heavy atom. The summed E-state index contributed by atoms with van der Waals surface area (Å²) in [6.07, 6.45) is 0.323. The zero-order chi connectivity index (χ0) is 30.6. The summed E-state index contributed by atoms with van der Waals surface area (Å²) in [6, 6.07) is 19.4. The quantitative estimate of drug-likeness (QED) is 0.246. The van der Waals surface area contributed by atoms with Crippen LogP contribution in [0.15, 0.2) is 72.8 Å². The maximum Gasteiger partial charge on any atom is 0.332 e. The lowest BCUT2D eigenvalue weighted by Crippen LogP contribution is -2.45. The third kappa shape index (κ3) is 4.65. The SMILES string of the molecule is CC(C)c1ccc([C@@H]2c3[nH]c4ccccc4c3C[C@H]3C(=O)N(c4ccccc4C(=O)N[C@@H](C(=O)O)C(C)C)C(=O)N23)cc1. The Morgan fingerprint density at radius 3 is 2.28 bits per heavy atom. The van der Waals surface area contributed by atoms with E-state index in [9.17, 15) is 24.3 Å². The van der Waals surface area contributed by atoms with Gasteiger partial charge in [0, 0.05) is 23.0 Å². The molecule has 1 aromatic heterocycles. The van der Waals surface area contributed by atoms with Gasteiger partial charge in [-0.25, -0.2) is 14.5 Å². The van der Waals surface area contributed by atoms with Crippen molar-refractivity contribution in [2.45, 2.75) is 58.2 Å². The molecule has 6 rings (SSSR count).